The smallest absolute Gasteiger partial charge is 0.361 e. The molecule has 2 nitrogen and oxygen atoms in total. The average molecular weight is 301 g/mol. The summed E-state index contributed by atoms with van der Waals surface area (Å²) in [6, 6.07) is 0. The average Bonchev–Trinajstić information content (AvgIpc) is 2.36. The van der Waals surface area contributed by atoms with Crippen LogP contribution in [-0.4, -0.2) is 21.8 Å². The molecule has 0 spiro atoms. The minimum atomic E-state index is -2.14. The molecule has 0 aromatic heterocycles. The van der Waals surface area contributed by atoms with E-state index >= 15 is 0 Å². The molecule has 120 valence electrons. The van der Waals surface area contributed by atoms with E-state index in [1.54, 1.807) is 0 Å². The summed E-state index contributed by atoms with van der Waals surface area (Å²) >= 11 is 0. The second kappa shape index (κ2) is 10.6. The molecular weight excluding hydrogens is 264 g/mol. The summed E-state index contributed by atoms with van der Waals surface area (Å²) < 4.78 is 12.0. The van der Waals surface area contributed by atoms with Gasteiger partial charge in [0.2, 0.25) is 0 Å². The molecule has 0 saturated carbocycles. The van der Waals surface area contributed by atoms with Crippen molar-refractivity contribution in [2.75, 3.05) is 13.2 Å². The lowest BCUT2D eigenvalue weighted by Crippen LogP contribution is -2.38. The summed E-state index contributed by atoms with van der Waals surface area (Å²) in [4.78, 5) is 0. The molecule has 0 aromatic rings. The fourth-order valence-corrected chi connectivity index (χ4v) is 3.48. The van der Waals surface area contributed by atoms with Gasteiger partial charge in [0.05, 0.1) is 0 Å². The van der Waals surface area contributed by atoms with Gasteiger partial charge in [-0.05, 0) is 36.4 Å². The van der Waals surface area contributed by atoms with Gasteiger partial charge in [-0.15, -0.1) is 6.58 Å². The van der Waals surface area contributed by atoms with Gasteiger partial charge in [0.1, 0.15) is 0 Å². The van der Waals surface area contributed by atoms with Gasteiger partial charge in [0.25, 0.3) is 0 Å². The van der Waals surface area contributed by atoms with E-state index < -0.39 is 8.56 Å². The predicted molar refractivity (Wildman–Crippen MR) is 91.0 cm³/mol. The number of hydrogen-bond acceptors (Lipinski definition) is 2. The monoisotopic (exact) mass is 300 g/mol. The Kier molecular flexibility index (Phi) is 10.5. The summed E-state index contributed by atoms with van der Waals surface area (Å²) in [5.74, 6) is 2.10. The minimum absolute atomic E-state index is 0.542. The van der Waals surface area contributed by atoms with Crippen LogP contribution in [0.25, 0.3) is 0 Å². The van der Waals surface area contributed by atoms with Crippen molar-refractivity contribution in [1.29, 1.82) is 0 Å². The highest BCUT2D eigenvalue weighted by Crippen LogP contribution is 2.17. The molecule has 0 heterocycles. The molecule has 0 aliphatic carbocycles. The molecule has 2 atom stereocenters. The largest absolute Gasteiger partial charge is 0.391 e. The van der Waals surface area contributed by atoms with Crippen LogP contribution in [0.15, 0.2) is 12.3 Å². The third-order valence-corrected chi connectivity index (χ3v) is 5.81. The summed E-state index contributed by atoms with van der Waals surface area (Å²) in [7, 11) is -2.14. The Hall–Kier alpha value is -0.123. The predicted octanol–water partition coefficient (Wildman–Crippen LogP) is 5.33. The van der Waals surface area contributed by atoms with Crippen molar-refractivity contribution in [2.45, 2.75) is 66.8 Å². The van der Waals surface area contributed by atoms with Gasteiger partial charge >= 0.3 is 8.56 Å². The Morgan fingerprint density at radius 2 is 1.60 bits per heavy atom. The van der Waals surface area contributed by atoms with Gasteiger partial charge in [-0.25, -0.2) is 0 Å². The molecule has 0 radical (unpaired) electrons. The van der Waals surface area contributed by atoms with E-state index in [-0.39, 0.29) is 0 Å². The fourth-order valence-electron chi connectivity index (χ4n) is 1.97. The summed E-state index contributed by atoms with van der Waals surface area (Å²) in [6.45, 7) is 18.8. The highest BCUT2D eigenvalue weighted by Gasteiger charge is 2.27. The summed E-state index contributed by atoms with van der Waals surface area (Å²) in [5, 5.41) is 0. The molecule has 0 saturated heterocycles. The lowest BCUT2D eigenvalue weighted by Gasteiger charge is -2.25. The lowest BCUT2D eigenvalue weighted by molar-refractivity contribution is 0.158. The molecule has 3 heteroatoms. The van der Waals surface area contributed by atoms with Gasteiger partial charge in [0, 0.05) is 13.2 Å². The molecule has 0 N–H and O–H groups in total. The van der Waals surface area contributed by atoms with Crippen LogP contribution < -0.4 is 0 Å². The van der Waals surface area contributed by atoms with Gasteiger partial charge in [-0.2, -0.15) is 0 Å². The third kappa shape index (κ3) is 10.6. The Balaban J connectivity index is 3.85. The topological polar surface area (TPSA) is 18.5 Å². The maximum atomic E-state index is 6.03. The van der Waals surface area contributed by atoms with Crippen molar-refractivity contribution >= 4 is 8.56 Å². The van der Waals surface area contributed by atoms with E-state index in [2.05, 4.69) is 47.7 Å². The molecule has 0 amide bonds. The zero-order valence-corrected chi connectivity index (χ0v) is 15.6. The highest BCUT2D eigenvalue weighted by atomic mass is 28.4. The molecule has 0 aliphatic heterocycles. The van der Waals surface area contributed by atoms with E-state index in [1.165, 1.54) is 19.3 Å². The van der Waals surface area contributed by atoms with Gasteiger partial charge in [0.15, 0.2) is 0 Å². The highest BCUT2D eigenvalue weighted by molar-refractivity contribution is 6.71. The van der Waals surface area contributed by atoms with Crippen LogP contribution in [0.5, 0.6) is 0 Å². The zero-order valence-electron chi connectivity index (χ0n) is 14.6. The van der Waals surface area contributed by atoms with E-state index in [0.717, 1.165) is 31.5 Å². The molecule has 2 unspecified atom stereocenters. The molecule has 0 aromatic carbocycles. The third-order valence-electron chi connectivity index (χ3n) is 3.55. The zero-order chi connectivity index (χ0) is 15.6. The molecule has 0 aliphatic rings. The van der Waals surface area contributed by atoms with Crippen LogP contribution in [-0.2, 0) is 8.85 Å². The quantitative estimate of drug-likeness (QED) is 0.454. The Labute approximate surface area is 128 Å². The first-order chi connectivity index (χ1) is 9.29. The van der Waals surface area contributed by atoms with Gasteiger partial charge in [-0.3, -0.25) is 0 Å². The molecule has 0 rings (SSSR count). The fraction of sp³-hybridized carbons (Fsp3) is 0.882. The van der Waals surface area contributed by atoms with Gasteiger partial charge in [-0.1, -0.05) is 53.9 Å². The first-order valence-corrected chi connectivity index (χ1v) is 10.6. The Morgan fingerprint density at radius 3 is 2.10 bits per heavy atom. The second-order valence-corrected chi connectivity index (χ2v) is 10.0. The van der Waals surface area contributed by atoms with Gasteiger partial charge < -0.3 is 8.85 Å². The van der Waals surface area contributed by atoms with Crippen LogP contribution >= 0.6 is 0 Å². The molecular formula is C17H36O2Si. The van der Waals surface area contributed by atoms with Crippen molar-refractivity contribution in [2.24, 2.45) is 17.8 Å². The molecule has 20 heavy (non-hydrogen) atoms. The van der Waals surface area contributed by atoms with Crippen molar-refractivity contribution in [3.8, 4) is 0 Å². The van der Waals surface area contributed by atoms with E-state index in [0.29, 0.717) is 5.92 Å². The van der Waals surface area contributed by atoms with Crippen molar-refractivity contribution in [3.63, 3.8) is 0 Å². The summed E-state index contributed by atoms with van der Waals surface area (Å²) in [6.07, 6.45) is 5.10. The van der Waals surface area contributed by atoms with Crippen LogP contribution in [0, 0.1) is 17.8 Å². The number of hydrogen-bond donors (Lipinski definition) is 0. The van der Waals surface area contributed by atoms with Crippen LogP contribution in [0.3, 0.4) is 0 Å². The first-order valence-electron chi connectivity index (χ1n) is 8.20. The minimum Gasteiger partial charge on any atom is -0.391 e. The van der Waals surface area contributed by atoms with Crippen molar-refractivity contribution in [3.05, 3.63) is 12.3 Å². The molecule has 0 fully saturated rings. The van der Waals surface area contributed by atoms with Crippen molar-refractivity contribution in [1.82, 2.24) is 0 Å². The van der Waals surface area contributed by atoms with Crippen LogP contribution in [0.4, 0.5) is 0 Å². The normalized spacial score (nSPS) is 16.4. The second-order valence-electron chi connectivity index (χ2n) is 6.99. The van der Waals surface area contributed by atoms with Crippen LogP contribution in [0.1, 0.15) is 60.3 Å². The first kappa shape index (κ1) is 19.9. The summed E-state index contributed by atoms with van der Waals surface area (Å²) in [5.41, 5.74) is 1.90. The van der Waals surface area contributed by atoms with E-state index in [9.17, 15) is 0 Å². The van der Waals surface area contributed by atoms with Crippen LogP contribution in [0.2, 0.25) is 6.55 Å². The standard InChI is InChI=1S/C17H36O2Si/c1-8-20(7,19-14-16(4)5)18-13-12-17(6)11-9-10-15(2)3/h8,15-17H,1,9-14H2,2-7H3. The van der Waals surface area contributed by atoms with E-state index in [4.69, 9.17) is 8.85 Å². The lowest BCUT2D eigenvalue weighted by atomic mass is 9.98. The number of rotatable bonds is 12. The molecule has 0 bridgehead atoms. The SMILES string of the molecule is C=C[Si](C)(OCCC(C)CCCC(C)C)OCC(C)C. The Bertz CT molecular complexity index is 253. The Morgan fingerprint density at radius 1 is 0.950 bits per heavy atom. The van der Waals surface area contributed by atoms with E-state index in [1.807, 2.05) is 5.70 Å². The maximum Gasteiger partial charge on any atom is 0.361 e. The van der Waals surface area contributed by atoms with Crippen molar-refractivity contribution < 1.29 is 8.85 Å². The maximum absolute atomic E-state index is 6.03.